The number of hydrogen-bond donors (Lipinski definition) is 1. The molecule has 0 aliphatic heterocycles. The number of ether oxygens (including phenoxy) is 1. The van der Waals surface area contributed by atoms with Gasteiger partial charge in [-0.25, -0.2) is 0 Å². The molecule has 92 valence electrons. The molecule has 0 saturated carbocycles. The average molecular weight is 244 g/mol. The summed E-state index contributed by atoms with van der Waals surface area (Å²) in [6.45, 7) is 1.06. The van der Waals surface area contributed by atoms with Gasteiger partial charge in [0.15, 0.2) is 6.29 Å². The summed E-state index contributed by atoms with van der Waals surface area (Å²) in [6.07, 6.45) is -15.2. The molecule has 0 aromatic heterocycles. The maximum atomic E-state index is 12.3. The SMILES string of the molecule is CCC(O)OC(F)(F)C(F)(F)C(F)(F)F. The standard InChI is InChI=1S/C6H7F7O2/c1-2-3(14)15-6(12,13)4(7,8)5(9,10)11/h3,14H,2H2,1H3. The van der Waals surface area contributed by atoms with Crippen LogP contribution in [-0.2, 0) is 4.74 Å². The minimum atomic E-state index is -6.45. The first kappa shape index (κ1) is 14.4. The van der Waals surface area contributed by atoms with E-state index < -0.39 is 30.9 Å². The summed E-state index contributed by atoms with van der Waals surface area (Å²) in [5.74, 6) is -6.35. The maximum Gasteiger partial charge on any atom is 0.462 e. The predicted octanol–water partition coefficient (Wildman–Crippen LogP) is 2.52. The van der Waals surface area contributed by atoms with Crippen molar-refractivity contribution in [1.82, 2.24) is 0 Å². The minimum Gasteiger partial charge on any atom is -0.368 e. The van der Waals surface area contributed by atoms with Crippen molar-refractivity contribution >= 4 is 0 Å². The highest BCUT2D eigenvalue weighted by atomic mass is 19.4. The van der Waals surface area contributed by atoms with Crippen molar-refractivity contribution in [2.45, 2.75) is 37.8 Å². The van der Waals surface area contributed by atoms with Gasteiger partial charge < -0.3 is 5.11 Å². The van der Waals surface area contributed by atoms with Gasteiger partial charge in [0, 0.05) is 0 Å². The zero-order valence-corrected chi connectivity index (χ0v) is 7.29. The first-order valence-corrected chi connectivity index (χ1v) is 3.64. The largest absolute Gasteiger partial charge is 0.462 e. The molecule has 0 saturated heterocycles. The monoisotopic (exact) mass is 244 g/mol. The molecule has 0 amide bonds. The van der Waals surface area contributed by atoms with Gasteiger partial charge >= 0.3 is 18.2 Å². The smallest absolute Gasteiger partial charge is 0.368 e. The van der Waals surface area contributed by atoms with Crippen LogP contribution in [0.1, 0.15) is 13.3 Å². The zero-order chi connectivity index (χ0) is 12.5. The Hall–Kier alpha value is -0.570. The predicted molar refractivity (Wildman–Crippen MR) is 33.3 cm³/mol. The van der Waals surface area contributed by atoms with Gasteiger partial charge in [0.1, 0.15) is 0 Å². The Bertz CT molecular complexity index is 212. The van der Waals surface area contributed by atoms with E-state index in [4.69, 9.17) is 5.11 Å². The molecule has 0 bridgehead atoms. The fourth-order valence-corrected chi connectivity index (χ4v) is 0.493. The lowest BCUT2D eigenvalue weighted by molar-refractivity contribution is -0.444. The Morgan fingerprint density at radius 2 is 1.47 bits per heavy atom. The van der Waals surface area contributed by atoms with Gasteiger partial charge in [0.05, 0.1) is 0 Å². The van der Waals surface area contributed by atoms with E-state index in [9.17, 15) is 30.7 Å². The minimum absolute atomic E-state index is 0.552. The highest BCUT2D eigenvalue weighted by Gasteiger charge is 2.74. The lowest BCUT2D eigenvalue weighted by atomic mass is 10.3. The molecule has 0 spiro atoms. The molecule has 0 heterocycles. The third-order valence-corrected chi connectivity index (χ3v) is 1.35. The molecule has 0 radical (unpaired) electrons. The number of halogens is 7. The van der Waals surface area contributed by atoms with E-state index in [0.29, 0.717) is 0 Å². The van der Waals surface area contributed by atoms with E-state index in [1.54, 1.807) is 0 Å². The summed E-state index contributed by atoms with van der Waals surface area (Å²) < 4.78 is 86.2. The molecular formula is C6H7F7O2. The van der Waals surface area contributed by atoms with Crippen molar-refractivity contribution in [1.29, 1.82) is 0 Å². The number of aliphatic hydroxyl groups excluding tert-OH is 1. The van der Waals surface area contributed by atoms with Crippen molar-refractivity contribution in [3.63, 3.8) is 0 Å². The second-order valence-electron chi connectivity index (χ2n) is 2.57. The van der Waals surface area contributed by atoms with E-state index in [0.717, 1.165) is 6.92 Å². The van der Waals surface area contributed by atoms with Gasteiger partial charge in [-0.3, -0.25) is 4.74 Å². The second-order valence-corrected chi connectivity index (χ2v) is 2.57. The molecule has 1 atom stereocenters. The number of rotatable bonds is 4. The summed E-state index contributed by atoms with van der Waals surface area (Å²) in [5.41, 5.74) is 0. The fourth-order valence-electron chi connectivity index (χ4n) is 0.493. The first-order valence-electron chi connectivity index (χ1n) is 3.64. The van der Waals surface area contributed by atoms with Crippen molar-refractivity contribution in [3.8, 4) is 0 Å². The van der Waals surface area contributed by atoms with Crippen LogP contribution in [0.3, 0.4) is 0 Å². The van der Waals surface area contributed by atoms with Crippen LogP contribution < -0.4 is 0 Å². The Kier molecular flexibility index (Phi) is 3.97. The van der Waals surface area contributed by atoms with Gasteiger partial charge in [0.2, 0.25) is 0 Å². The average Bonchev–Trinajstić information content (AvgIpc) is 2.00. The summed E-state index contributed by atoms with van der Waals surface area (Å²) in [6, 6.07) is 0. The second kappa shape index (κ2) is 4.12. The van der Waals surface area contributed by atoms with Crippen molar-refractivity contribution in [2.75, 3.05) is 0 Å². The molecule has 15 heavy (non-hydrogen) atoms. The van der Waals surface area contributed by atoms with Gasteiger partial charge in [-0.15, -0.1) is 0 Å². The number of alkyl halides is 7. The third-order valence-electron chi connectivity index (χ3n) is 1.35. The lowest BCUT2D eigenvalue weighted by Gasteiger charge is -2.28. The van der Waals surface area contributed by atoms with E-state index in [-0.39, 0.29) is 0 Å². The van der Waals surface area contributed by atoms with Crippen LogP contribution in [0.5, 0.6) is 0 Å². The van der Waals surface area contributed by atoms with E-state index in [2.05, 4.69) is 4.74 Å². The van der Waals surface area contributed by atoms with E-state index >= 15 is 0 Å². The molecule has 0 aliphatic rings. The van der Waals surface area contributed by atoms with E-state index in [1.807, 2.05) is 0 Å². The molecule has 0 rings (SSSR count). The van der Waals surface area contributed by atoms with Crippen LogP contribution in [0, 0.1) is 0 Å². The van der Waals surface area contributed by atoms with Crippen LogP contribution in [0.2, 0.25) is 0 Å². The van der Waals surface area contributed by atoms with Gasteiger partial charge in [-0.1, -0.05) is 6.92 Å². The summed E-state index contributed by atoms with van der Waals surface area (Å²) in [4.78, 5) is 0. The van der Waals surface area contributed by atoms with Gasteiger partial charge in [0.25, 0.3) is 0 Å². The summed E-state index contributed by atoms with van der Waals surface area (Å²) in [5, 5.41) is 8.42. The molecule has 0 aromatic carbocycles. The van der Waals surface area contributed by atoms with Gasteiger partial charge in [-0.05, 0) is 6.42 Å². The van der Waals surface area contributed by atoms with Crippen LogP contribution in [0.15, 0.2) is 0 Å². The summed E-state index contributed by atoms with van der Waals surface area (Å²) >= 11 is 0. The highest BCUT2D eigenvalue weighted by Crippen LogP contribution is 2.47. The number of hydrogen-bond acceptors (Lipinski definition) is 2. The molecule has 0 aliphatic carbocycles. The Morgan fingerprint density at radius 1 is 1.07 bits per heavy atom. The Labute approximate surface area is 79.6 Å². The Morgan fingerprint density at radius 3 is 1.73 bits per heavy atom. The normalized spacial score (nSPS) is 16.6. The quantitative estimate of drug-likeness (QED) is 0.608. The van der Waals surface area contributed by atoms with Crippen LogP contribution in [-0.4, -0.2) is 29.6 Å². The number of aliphatic hydroxyl groups is 1. The molecule has 0 fully saturated rings. The molecule has 2 nitrogen and oxygen atoms in total. The topological polar surface area (TPSA) is 29.5 Å². The summed E-state index contributed by atoms with van der Waals surface area (Å²) in [7, 11) is 0. The highest BCUT2D eigenvalue weighted by molar-refractivity contribution is 4.84. The molecule has 1 N–H and O–H groups in total. The molecule has 9 heteroatoms. The maximum absolute atomic E-state index is 12.3. The van der Waals surface area contributed by atoms with Crippen LogP contribution in [0.25, 0.3) is 0 Å². The van der Waals surface area contributed by atoms with E-state index in [1.165, 1.54) is 0 Å². The Balaban J connectivity index is 4.85. The zero-order valence-electron chi connectivity index (χ0n) is 7.29. The first-order chi connectivity index (χ1) is 6.45. The fraction of sp³-hybridized carbons (Fsp3) is 1.00. The lowest BCUT2D eigenvalue weighted by Crippen LogP contribution is -2.54. The molecule has 0 aromatic rings. The van der Waals surface area contributed by atoms with Crippen molar-refractivity contribution in [3.05, 3.63) is 0 Å². The van der Waals surface area contributed by atoms with Crippen molar-refractivity contribution < 1.29 is 40.6 Å². The molecular weight excluding hydrogens is 237 g/mol. The van der Waals surface area contributed by atoms with Crippen LogP contribution >= 0.6 is 0 Å². The van der Waals surface area contributed by atoms with Gasteiger partial charge in [-0.2, -0.15) is 30.7 Å². The third kappa shape index (κ3) is 2.94. The molecule has 1 unspecified atom stereocenters. The van der Waals surface area contributed by atoms with Crippen molar-refractivity contribution in [2.24, 2.45) is 0 Å². The van der Waals surface area contributed by atoms with Crippen LogP contribution in [0.4, 0.5) is 30.7 Å².